The van der Waals surface area contributed by atoms with Crippen molar-refractivity contribution >= 4 is 5.91 Å². The van der Waals surface area contributed by atoms with Crippen LogP contribution in [0.4, 0.5) is 0 Å². The minimum absolute atomic E-state index is 0.0626. The van der Waals surface area contributed by atoms with Crippen LogP contribution < -0.4 is 10.1 Å². The summed E-state index contributed by atoms with van der Waals surface area (Å²) >= 11 is 0. The summed E-state index contributed by atoms with van der Waals surface area (Å²) in [5.74, 6) is 0.798. The monoisotopic (exact) mass is 219 g/mol. The molecule has 0 bridgehead atoms. The van der Waals surface area contributed by atoms with Gasteiger partial charge in [-0.05, 0) is 49.9 Å². The smallest absolute Gasteiger partial charge is 0.251 e. The number of amides is 1. The standard InChI is InChI=1S/C13H17NO2/c1-14-13(15)10-6-8-12(9-7-10)16-11-4-2-3-5-11/h6-9,11H,2-5H2,1H3,(H,14,15). The lowest BCUT2D eigenvalue weighted by atomic mass is 10.2. The summed E-state index contributed by atoms with van der Waals surface area (Å²) in [7, 11) is 1.63. The molecule has 1 N–H and O–H groups in total. The number of carbonyl (C=O) groups excluding carboxylic acids is 1. The first kappa shape index (κ1) is 11.0. The Balaban J connectivity index is 1.98. The second-order valence-corrected chi connectivity index (χ2v) is 4.13. The number of benzene rings is 1. The van der Waals surface area contributed by atoms with Gasteiger partial charge in [0.05, 0.1) is 6.10 Å². The molecule has 0 spiro atoms. The molecule has 1 aromatic rings. The minimum atomic E-state index is -0.0626. The van der Waals surface area contributed by atoms with Crippen LogP contribution in [0, 0.1) is 0 Å². The number of ether oxygens (including phenoxy) is 1. The van der Waals surface area contributed by atoms with Crippen LogP contribution in [0.2, 0.25) is 0 Å². The fraction of sp³-hybridized carbons (Fsp3) is 0.462. The molecule has 86 valence electrons. The lowest BCUT2D eigenvalue weighted by Crippen LogP contribution is -2.17. The summed E-state index contributed by atoms with van der Waals surface area (Å²) in [6, 6.07) is 7.32. The summed E-state index contributed by atoms with van der Waals surface area (Å²) in [6.45, 7) is 0. The van der Waals surface area contributed by atoms with Crippen molar-refractivity contribution in [2.45, 2.75) is 31.8 Å². The molecule has 0 aromatic heterocycles. The third-order valence-electron chi connectivity index (χ3n) is 2.95. The molecule has 3 heteroatoms. The molecule has 0 unspecified atom stereocenters. The Bertz CT molecular complexity index is 353. The Hall–Kier alpha value is -1.51. The van der Waals surface area contributed by atoms with Gasteiger partial charge >= 0.3 is 0 Å². The van der Waals surface area contributed by atoms with E-state index in [0.717, 1.165) is 18.6 Å². The largest absolute Gasteiger partial charge is 0.490 e. The topological polar surface area (TPSA) is 38.3 Å². The molecule has 1 aromatic carbocycles. The summed E-state index contributed by atoms with van der Waals surface area (Å²) in [5.41, 5.74) is 0.668. The van der Waals surface area contributed by atoms with Crippen LogP contribution in [-0.4, -0.2) is 19.1 Å². The van der Waals surface area contributed by atoms with Crippen LogP contribution in [0.3, 0.4) is 0 Å². The average Bonchev–Trinajstić information content (AvgIpc) is 2.82. The van der Waals surface area contributed by atoms with E-state index in [-0.39, 0.29) is 5.91 Å². The van der Waals surface area contributed by atoms with Crippen molar-refractivity contribution in [3.05, 3.63) is 29.8 Å². The van der Waals surface area contributed by atoms with Gasteiger partial charge in [-0.15, -0.1) is 0 Å². The van der Waals surface area contributed by atoms with Crippen LogP contribution in [0.25, 0.3) is 0 Å². The SMILES string of the molecule is CNC(=O)c1ccc(OC2CCCC2)cc1. The number of nitrogens with one attached hydrogen (secondary N) is 1. The van der Waals surface area contributed by atoms with E-state index in [1.165, 1.54) is 12.8 Å². The van der Waals surface area contributed by atoms with Gasteiger partial charge in [0.1, 0.15) is 5.75 Å². The molecule has 0 saturated heterocycles. The van der Waals surface area contributed by atoms with E-state index in [4.69, 9.17) is 4.74 Å². The number of carbonyl (C=O) groups is 1. The van der Waals surface area contributed by atoms with E-state index in [1.807, 2.05) is 12.1 Å². The summed E-state index contributed by atoms with van der Waals surface area (Å²) in [5, 5.41) is 2.59. The van der Waals surface area contributed by atoms with Crippen molar-refractivity contribution in [1.29, 1.82) is 0 Å². The molecular formula is C13H17NO2. The normalized spacial score (nSPS) is 16.1. The average molecular weight is 219 g/mol. The minimum Gasteiger partial charge on any atom is -0.490 e. The Morgan fingerprint density at radius 1 is 1.25 bits per heavy atom. The van der Waals surface area contributed by atoms with Gasteiger partial charge in [0.2, 0.25) is 0 Å². The fourth-order valence-electron chi connectivity index (χ4n) is 2.03. The van der Waals surface area contributed by atoms with Crippen LogP contribution >= 0.6 is 0 Å². The van der Waals surface area contributed by atoms with E-state index < -0.39 is 0 Å². The van der Waals surface area contributed by atoms with Gasteiger partial charge in [-0.25, -0.2) is 0 Å². The molecule has 0 atom stereocenters. The molecule has 1 fully saturated rings. The van der Waals surface area contributed by atoms with Crippen LogP contribution in [-0.2, 0) is 0 Å². The molecule has 1 aliphatic carbocycles. The maximum absolute atomic E-state index is 11.3. The van der Waals surface area contributed by atoms with Gasteiger partial charge < -0.3 is 10.1 Å². The number of rotatable bonds is 3. The highest BCUT2D eigenvalue weighted by Crippen LogP contribution is 2.24. The van der Waals surface area contributed by atoms with Crippen molar-refractivity contribution in [1.82, 2.24) is 5.32 Å². The quantitative estimate of drug-likeness (QED) is 0.847. The van der Waals surface area contributed by atoms with Crippen molar-refractivity contribution in [3.63, 3.8) is 0 Å². The molecule has 16 heavy (non-hydrogen) atoms. The van der Waals surface area contributed by atoms with Gasteiger partial charge in [0, 0.05) is 12.6 Å². The van der Waals surface area contributed by atoms with Crippen molar-refractivity contribution in [2.24, 2.45) is 0 Å². The highest BCUT2D eigenvalue weighted by atomic mass is 16.5. The second kappa shape index (κ2) is 5.01. The molecule has 0 heterocycles. The first-order valence-corrected chi connectivity index (χ1v) is 5.78. The first-order chi connectivity index (χ1) is 7.79. The first-order valence-electron chi connectivity index (χ1n) is 5.78. The maximum Gasteiger partial charge on any atom is 0.251 e. The van der Waals surface area contributed by atoms with Gasteiger partial charge in [0.25, 0.3) is 5.91 Å². The highest BCUT2D eigenvalue weighted by Gasteiger charge is 2.16. The summed E-state index contributed by atoms with van der Waals surface area (Å²) in [4.78, 5) is 11.3. The van der Waals surface area contributed by atoms with Crippen LogP contribution in [0.1, 0.15) is 36.0 Å². The maximum atomic E-state index is 11.3. The zero-order chi connectivity index (χ0) is 11.4. The molecule has 0 radical (unpaired) electrons. The molecule has 1 amide bonds. The van der Waals surface area contributed by atoms with E-state index >= 15 is 0 Å². The van der Waals surface area contributed by atoms with Gasteiger partial charge in [-0.3, -0.25) is 4.79 Å². The van der Waals surface area contributed by atoms with Crippen molar-refractivity contribution in [3.8, 4) is 5.75 Å². The predicted octanol–water partition coefficient (Wildman–Crippen LogP) is 2.37. The zero-order valence-corrected chi connectivity index (χ0v) is 9.53. The Morgan fingerprint density at radius 3 is 2.44 bits per heavy atom. The van der Waals surface area contributed by atoms with Crippen molar-refractivity contribution in [2.75, 3.05) is 7.05 Å². The molecular weight excluding hydrogens is 202 g/mol. The third-order valence-corrected chi connectivity index (χ3v) is 2.95. The molecule has 1 aliphatic rings. The summed E-state index contributed by atoms with van der Waals surface area (Å²) < 4.78 is 5.81. The van der Waals surface area contributed by atoms with Crippen molar-refractivity contribution < 1.29 is 9.53 Å². The zero-order valence-electron chi connectivity index (χ0n) is 9.53. The molecule has 3 nitrogen and oxygen atoms in total. The number of hydrogen-bond donors (Lipinski definition) is 1. The van der Waals surface area contributed by atoms with Gasteiger partial charge in [-0.1, -0.05) is 0 Å². The lowest BCUT2D eigenvalue weighted by molar-refractivity contribution is 0.0963. The number of hydrogen-bond acceptors (Lipinski definition) is 2. The Morgan fingerprint density at radius 2 is 1.88 bits per heavy atom. The molecule has 0 aliphatic heterocycles. The van der Waals surface area contributed by atoms with Crippen LogP contribution in [0.5, 0.6) is 5.75 Å². The second-order valence-electron chi connectivity index (χ2n) is 4.13. The van der Waals surface area contributed by atoms with Crippen LogP contribution in [0.15, 0.2) is 24.3 Å². The predicted molar refractivity (Wildman–Crippen MR) is 62.7 cm³/mol. The Kier molecular flexibility index (Phi) is 3.44. The fourth-order valence-corrected chi connectivity index (χ4v) is 2.03. The summed E-state index contributed by atoms with van der Waals surface area (Å²) in [6.07, 6.45) is 5.20. The van der Waals surface area contributed by atoms with Gasteiger partial charge in [0.15, 0.2) is 0 Å². The van der Waals surface area contributed by atoms with E-state index in [9.17, 15) is 4.79 Å². The van der Waals surface area contributed by atoms with E-state index in [0.29, 0.717) is 11.7 Å². The van der Waals surface area contributed by atoms with E-state index in [2.05, 4.69) is 5.32 Å². The highest BCUT2D eigenvalue weighted by molar-refractivity contribution is 5.94. The lowest BCUT2D eigenvalue weighted by Gasteiger charge is -2.12. The van der Waals surface area contributed by atoms with E-state index in [1.54, 1.807) is 19.2 Å². The molecule has 1 saturated carbocycles. The Labute approximate surface area is 95.8 Å². The van der Waals surface area contributed by atoms with Gasteiger partial charge in [-0.2, -0.15) is 0 Å². The molecule has 2 rings (SSSR count). The third kappa shape index (κ3) is 2.54.